The molecule has 8 rings (SSSR count). The first kappa shape index (κ1) is 28.4. The maximum atomic E-state index is 13.7. The van der Waals surface area contributed by atoms with Crippen LogP contribution >= 0.6 is 15.6 Å². The molecule has 8 heterocycles. The summed E-state index contributed by atoms with van der Waals surface area (Å²) in [7, 11) is -11.6. The molecule has 1 unspecified atom stereocenters. The van der Waals surface area contributed by atoms with Crippen molar-refractivity contribution in [2.24, 2.45) is 0 Å². The summed E-state index contributed by atoms with van der Waals surface area (Å²) in [4.78, 5) is 64.6. The van der Waals surface area contributed by atoms with Gasteiger partial charge in [-0.3, -0.25) is 0 Å². The van der Waals surface area contributed by atoms with E-state index in [9.17, 15) is 24.4 Å². The average molecular weight is 655 g/mol. The van der Waals surface area contributed by atoms with Gasteiger partial charge in [-0.05, 0) is 0 Å². The van der Waals surface area contributed by atoms with E-state index in [2.05, 4.69) is 29.9 Å². The fourth-order valence-electron chi connectivity index (χ4n) is 5.65. The van der Waals surface area contributed by atoms with Gasteiger partial charge in [0.05, 0.1) is 0 Å². The van der Waals surface area contributed by atoms with E-state index in [4.69, 9.17) is 43.6 Å². The number of hydrogen-bond acceptors (Lipinski definition) is 20. The molecule has 22 nitrogen and oxygen atoms in total. The average Bonchev–Trinajstić information content (AvgIpc) is 3.76. The topological polar surface area (TPSA) is 310 Å². The third-order valence-corrected chi connectivity index (χ3v) is 10.3. The van der Waals surface area contributed by atoms with Gasteiger partial charge >= 0.3 is 244 Å². The van der Waals surface area contributed by atoms with E-state index < -0.39 is 77.9 Å². The Hall–Kier alpha value is -3.08. The molecule has 44 heavy (non-hydrogen) atoms. The van der Waals surface area contributed by atoms with Gasteiger partial charge in [0.15, 0.2) is 0 Å². The van der Waals surface area contributed by atoms with Crippen LogP contribution < -0.4 is 26.1 Å². The number of nitrogen functional groups attached to an aromatic ring is 2. The molecule has 0 radical (unpaired) electrons. The Balaban J connectivity index is 1.13. The molecule has 0 aliphatic carbocycles. The number of imidazole rings is 2. The van der Waals surface area contributed by atoms with Crippen LogP contribution in [-0.2, 0) is 36.7 Å². The van der Waals surface area contributed by atoms with Crippen LogP contribution in [0.3, 0.4) is 0 Å². The van der Waals surface area contributed by atoms with Crippen LogP contribution in [0.15, 0.2) is 25.3 Å². The first-order chi connectivity index (χ1) is 20.9. The molecule has 4 aromatic rings. The molecule has 4 aliphatic heterocycles. The van der Waals surface area contributed by atoms with E-state index in [1.165, 1.54) is 28.1 Å². The predicted molar refractivity (Wildman–Crippen MR) is 134 cm³/mol. The van der Waals surface area contributed by atoms with E-state index >= 15 is 0 Å². The fourth-order valence-corrected chi connectivity index (χ4v) is 8.44. The molecule has 5 N–H and O–H groups in total. The third-order valence-electron chi connectivity index (χ3n) is 7.60. The molecular formula is C20H21N10O12P2-3. The van der Waals surface area contributed by atoms with Crippen molar-refractivity contribution in [3.8, 4) is 0 Å². The quantitative estimate of drug-likeness (QED) is 0.176. The number of anilines is 2. The number of hydrogen-bond donors (Lipinski definition) is 3. The van der Waals surface area contributed by atoms with Crippen LogP contribution in [0.25, 0.3) is 22.3 Å². The van der Waals surface area contributed by atoms with Crippen molar-refractivity contribution < 1.29 is 56.4 Å². The van der Waals surface area contributed by atoms with Crippen LogP contribution in [0, 0.1) is 0 Å². The molecule has 9 atom stereocenters. The van der Waals surface area contributed by atoms with Crippen molar-refractivity contribution >= 4 is 49.5 Å². The van der Waals surface area contributed by atoms with Crippen molar-refractivity contribution in [2.45, 2.75) is 49.1 Å². The molecule has 4 aromatic heterocycles. The van der Waals surface area contributed by atoms with Crippen LogP contribution in [-0.4, -0.2) is 94.0 Å². The van der Waals surface area contributed by atoms with E-state index in [1.807, 2.05) is 0 Å². The van der Waals surface area contributed by atoms with E-state index in [1.54, 1.807) is 0 Å². The number of nitrogens with zero attached hydrogens (tertiary/aromatic N) is 8. The zero-order chi connectivity index (χ0) is 30.6. The number of aliphatic hydroxyl groups is 1. The van der Waals surface area contributed by atoms with Crippen molar-refractivity contribution in [1.29, 1.82) is 0 Å². The Morgan fingerprint density at radius 1 is 0.841 bits per heavy atom. The monoisotopic (exact) mass is 655 g/mol. The Morgan fingerprint density at radius 2 is 1.41 bits per heavy atom. The Kier molecular flexibility index (Phi) is 6.11. The number of phosphoric ester groups is 1. The van der Waals surface area contributed by atoms with E-state index in [0.717, 1.165) is 6.33 Å². The second-order valence-electron chi connectivity index (χ2n) is 10.3. The molecular weight excluding hydrogens is 634 g/mol. The van der Waals surface area contributed by atoms with Crippen molar-refractivity contribution in [2.75, 3.05) is 24.7 Å². The number of fused-ring (bicyclic) bond motifs is 4. The van der Waals surface area contributed by atoms with Crippen molar-refractivity contribution in [3.05, 3.63) is 25.3 Å². The van der Waals surface area contributed by atoms with Crippen LogP contribution in [0.1, 0.15) is 12.5 Å². The summed E-state index contributed by atoms with van der Waals surface area (Å²) < 4.78 is 53.7. The van der Waals surface area contributed by atoms with Crippen LogP contribution in [0.2, 0.25) is 0 Å². The number of aliphatic hydroxyl groups excluding tert-OH is 1. The second kappa shape index (κ2) is 9.47. The Labute approximate surface area is 244 Å². The zero-order valence-electron chi connectivity index (χ0n) is 21.9. The number of phosphoric acid groups is 1. The first-order valence-electron chi connectivity index (χ1n) is 12.9. The Bertz CT molecular complexity index is 1840. The summed E-state index contributed by atoms with van der Waals surface area (Å²) in [6.07, 6.45) is -6.95. The summed E-state index contributed by atoms with van der Waals surface area (Å²) in [5.41, 5.74) is 12.4. The Morgan fingerprint density at radius 3 is 2.07 bits per heavy atom. The molecule has 4 saturated heterocycles. The minimum atomic E-state index is -6.40. The van der Waals surface area contributed by atoms with Gasteiger partial charge in [-0.1, -0.05) is 0 Å². The third kappa shape index (κ3) is 4.39. The summed E-state index contributed by atoms with van der Waals surface area (Å²) in [5, 5.41) is 11.1. The van der Waals surface area contributed by atoms with Gasteiger partial charge in [0.2, 0.25) is 0 Å². The summed E-state index contributed by atoms with van der Waals surface area (Å²) in [6, 6.07) is 0. The number of aromatic nitrogens is 8. The fraction of sp³-hybridized carbons (Fsp3) is 0.500. The molecule has 0 saturated carbocycles. The van der Waals surface area contributed by atoms with E-state index in [-0.39, 0.29) is 34.0 Å². The molecule has 4 aliphatic rings. The zero-order valence-corrected chi connectivity index (χ0v) is 23.7. The first-order valence-corrected chi connectivity index (χ1v) is 16.2. The second-order valence-corrected chi connectivity index (χ2v) is 13.8. The summed E-state index contributed by atoms with van der Waals surface area (Å²) in [5.74, 6) is 0.0945. The summed E-state index contributed by atoms with van der Waals surface area (Å²) >= 11 is 0. The molecule has 236 valence electrons. The predicted octanol–water partition coefficient (Wildman–Crippen LogP) is -3.48. The van der Waals surface area contributed by atoms with Crippen molar-refractivity contribution in [3.63, 3.8) is 0 Å². The molecule has 0 aromatic carbocycles. The number of nitrogens with two attached hydrogens (primary N) is 2. The maximum absolute atomic E-state index is 13.7. The van der Waals surface area contributed by atoms with Crippen LogP contribution in [0.4, 0.5) is 11.6 Å². The normalized spacial score (nSPS) is 39.0. The van der Waals surface area contributed by atoms with Crippen molar-refractivity contribution in [1.82, 2.24) is 39.0 Å². The SMILES string of the molecule is Nc1ncnc2c1ncn2[C@@H]1O[C@@H]2COP(=O)([O-])O[C@@H]3[C@H](O)[C@@H](n4cnc5c(N)ncnc54)O[C@H]3COP3([O-])([O-])O[C@@H]1[C@@H]2O3. The van der Waals surface area contributed by atoms with Gasteiger partial charge in [0, 0.05) is 0 Å². The van der Waals surface area contributed by atoms with E-state index in [0.29, 0.717) is 0 Å². The van der Waals surface area contributed by atoms with Gasteiger partial charge in [0.1, 0.15) is 0 Å². The van der Waals surface area contributed by atoms with Gasteiger partial charge in [0.25, 0.3) is 0 Å². The molecule has 24 heteroatoms. The van der Waals surface area contributed by atoms with Crippen LogP contribution in [0.5, 0.6) is 0 Å². The number of rotatable bonds is 2. The summed E-state index contributed by atoms with van der Waals surface area (Å²) in [6.45, 7) is -1.67. The van der Waals surface area contributed by atoms with Gasteiger partial charge in [-0.2, -0.15) is 0 Å². The van der Waals surface area contributed by atoms with Gasteiger partial charge in [-0.25, -0.2) is 0 Å². The minimum absolute atomic E-state index is 0.0387. The molecule has 4 fully saturated rings. The standard InChI is InChI=1S/C20H22N10O12P2/c21-15-9-17(25-3-23-15)29(5-27-9)19-11(31)12-8(38-19)2-37-44(34,35)41-13-7(1-36-43(32,33)40-12)39-20(14(13)42-44)30-6-28-10-16(22)24-4-26-18(10)30/h3-8,11-14,19-20,31H,1-2H2,(H,32,33)(H2,21,23,25)(H2,22,24,26)/q-2/p-1/t7-,8+,11+,12+,13-,14-,19+,20-/m1/s1. The van der Waals surface area contributed by atoms with Gasteiger partial charge in [-0.15, -0.1) is 0 Å². The molecule has 2 bridgehead atoms. The molecule has 0 spiro atoms. The molecule has 0 amide bonds. The van der Waals surface area contributed by atoms with Gasteiger partial charge < -0.3 is 0 Å². The number of ether oxygens (including phenoxy) is 2.